The lowest BCUT2D eigenvalue weighted by atomic mass is 10.1. The monoisotopic (exact) mass is 336 g/mol. The molecule has 3 unspecified atom stereocenters. The molecule has 0 aromatic heterocycles. The zero-order valence-corrected chi connectivity index (χ0v) is 13.6. The molecule has 1 aromatic carbocycles. The van der Waals surface area contributed by atoms with Gasteiger partial charge < -0.3 is 9.47 Å². The molecule has 6 nitrogen and oxygen atoms in total. The number of esters is 1. The van der Waals surface area contributed by atoms with Crippen molar-refractivity contribution in [3.05, 3.63) is 34.3 Å². The molecule has 2 heterocycles. The number of hydrogen-bond acceptors (Lipinski definition) is 4. The van der Waals surface area contributed by atoms with E-state index in [1.165, 1.54) is 11.1 Å². The molecule has 0 saturated carbocycles. The lowest BCUT2D eigenvalue weighted by Crippen LogP contribution is -2.32. The summed E-state index contributed by atoms with van der Waals surface area (Å²) >= 11 is 6.12. The van der Waals surface area contributed by atoms with Gasteiger partial charge in [-0.3, -0.25) is 9.69 Å². The van der Waals surface area contributed by atoms with Crippen LogP contribution in [0.2, 0.25) is 5.02 Å². The van der Waals surface area contributed by atoms with Crippen LogP contribution >= 0.6 is 11.6 Å². The summed E-state index contributed by atoms with van der Waals surface area (Å²) in [7, 11) is 0. The number of rotatable bonds is 4. The molecule has 2 aliphatic heterocycles. The second-order valence-electron chi connectivity index (χ2n) is 5.48. The Balaban J connectivity index is 1.78. The summed E-state index contributed by atoms with van der Waals surface area (Å²) in [6.07, 6.45) is 0.469. The number of aliphatic imine (C=N–C) groups is 1. The summed E-state index contributed by atoms with van der Waals surface area (Å²) in [6.45, 7) is 4.24. The van der Waals surface area contributed by atoms with Crippen LogP contribution in [0, 0.1) is 12.8 Å². The molecule has 0 aliphatic carbocycles. The number of amides is 2. The number of carbonyl (C=O) groups is 2. The van der Waals surface area contributed by atoms with E-state index < -0.39 is 30.3 Å². The number of epoxide rings is 1. The maximum Gasteiger partial charge on any atom is 0.345 e. The van der Waals surface area contributed by atoms with Gasteiger partial charge in [0.25, 0.3) is 0 Å². The highest BCUT2D eigenvalue weighted by Crippen LogP contribution is 2.36. The fourth-order valence-electron chi connectivity index (χ4n) is 2.64. The quantitative estimate of drug-likeness (QED) is 0.625. The summed E-state index contributed by atoms with van der Waals surface area (Å²) < 4.78 is 10.5. The van der Waals surface area contributed by atoms with Gasteiger partial charge in [-0.2, -0.15) is 0 Å². The van der Waals surface area contributed by atoms with E-state index in [2.05, 4.69) is 4.99 Å². The van der Waals surface area contributed by atoms with Gasteiger partial charge in [0, 0.05) is 11.2 Å². The normalized spacial score (nSPS) is 25.8. The van der Waals surface area contributed by atoms with E-state index in [0.29, 0.717) is 11.6 Å². The van der Waals surface area contributed by atoms with E-state index in [-0.39, 0.29) is 6.61 Å². The largest absolute Gasteiger partial charge is 0.465 e. The number of nitrogens with zero attached hydrogens (tertiary/aromatic N) is 2. The second kappa shape index (κ2) is 6.29. The standard InChI is InChI=1S/C16H17ClN2O4/c1-3-22-15(20)11-7-18-16(21)19(14-13(11)23-14)8-10-5-4-6-12(17)9(10)2/h4-7,11,13-14H,3,8H2,1-2H3. The van der Waals surface area contributed by atoms with Gasteiger partial charge in [0.1, 0.15) is 12.0 Å². The number of ether oxygens (including phenoxy) is 2. The smallest absolute Gasteiger partial charge is 0.345 e. The summed E-state index contributed by atoms with van der Waals surface area (Å²) in [4.78, 5) is 29.5. The van der Waals surface area contributed by atoms with Crippen molar-refractivity contribution in [2.75, 3.05) is 6.61 Å². The number of urea groups is 1. The van der Waals surface area contributed by atoms with Crippen LogP contribution in [0.1, 0.15) is 18.1 Å². The average molecular weight is 337 g/mol. The van der Waals surface area contributed by atoms with Crippen LogP contribution in [0.3, 0.4) is 0 Å². The van der Waals surface area contributed by atoms with Gasteiger partial charge in [-0.25, -0.2) is 9.79 Å². The predicted octanol–water partition coefficient (Wildman–Crippen LogP) is 2.56. The molecule has 0 radical (unpaired) electrons. The van der Waals surface area contributed by atoms with E-state index in [9.17, 15) is 9.59 Å². The van der Waals surface area contributed by atoms with Gasteiger partial charge in [0.2, 0.25) is 0 Å². The molecule has 1 aromatic rings. The first kappa shape index (κ1) is 16.0. The van der Waals surface area contributed by atoms with Gasteiger partial charge >= 0.3 is 12.0 Å². The minimum Gasteiger partial charge on any atom is -0.465 e. The zero-order valence-electron chi connectivity index (χ0n) is 12.9. The molecule has 3 rings (SSSR count). The molecule has 3 atom stereocenters. The Morgan fingerprint density at radius 2 is 2.26 bits per heavy atom. The van der Waals surface area contributed by atoms with Crippen LogP contribution in [0.5, 0.6) is 0 Å². The summed E-state index contributed by atoms with van der Waals surface area (Å²) in [5.74, 6) is -1.06. The zero-order chi connectivity index (χ0) is 16.6. The number of hydrogen-bond donors (Lipinski definition) is 0. The summed E-state index contributed by atoms with van der Waals surface area (Å²) in [5.41, 5.74) is 1.83. The van der Waals surface area contributed by atoms with Gasteiger partial charge in [0.15, 0.2) is 6.23 Å². The SMILES string of the molecule is CCOC(=O)C1C=NC(=O)N(Cc2cccc(Cl)c2C)C2OC12. The highest BCUT2D eigenvalue weighted by molar-refractivity contribution is 6.31. The van der Waals surface area contributed by atoms with Gasteiger partial charge in [-0.05, 0) is 31.0 Å². The van der Waals surface area contributed by atoms with Crippen LogP contribution in [0.25, 0.3) is 0 Å². The molecule has 7 heteroatoms. The number of fused-ring (bicyclic) bond motifs is 1. The van der Waals surface area contributed by atoms with Crippen molar-refractivity contribution >= 4 is 29.8 Å². The first-order valence-corrected chi connectivity index (χ1v) is 7.81. The Hall–Kier alpha value is -1.92. The Bertz CT molecular complexity index is 676. The van der Waals surface area contributed by atoms with E-state index in [1.807, 2.05) is 19.1 Å². The van der Waals surface area contributed by atoms with Crippen LogP contribution in [0.15, 0.2) is 23.2 Å². The first-order chi connectivity index (χ1) is 11.0. The average Bonchev–Trinajstić information content (AvgIpc) is 3.29. The lowest BCUT2D eigenvalue weighted by Gasteiger charge is -2.19. The number of halogens is 1. The van der Waals surface area contributed by atoms with Crippen molar-refractivity contribution in [3.63, 3.8) is 0 Å². The lowest BCUT2D eigenvalue weighted by molar-refractivity contribution is -0.145. The first-order valence-electron chi connectivity index (χ1n) is 7.43. The van der Waals surface area contributed by atoms with Crippen molar-refractivity contribution in [2.24, 2.45) is 10.9 Å². The van der Waals surface area contributed by atoms with Crippen LogP contribution in [0.4, 0.5) is 4.79 Å². The number of benzene rings is 1. The van der Waals surface area contributed by atoms with Gasteiger partial charge in [-0.15, -0.1) is 0 Å². The van der Waals surface area contributed by atoms with E-state index >= 15 is 0 Å². The van der Waals surface area contributed by atoms with Crippen LogP contribution in [-0.4, -0.2) is 42.1 Å². The van der Waals surface area contributed by atoms with Crippen molar-refractivity contribution in [1.29, 1.82) is 0 Å². The molecular formula is C16H17ClN2O4. The van der Waals surface area contributed by atoms with Crippen molar-refractivity contribution in [2.45, 2.75) is 32.7 Å². The van der Waals surface area contributed by atoms with Crippen LogP contribution in [-0.2, 0) is 20.8 Å². The second-order valence-corrected chi connectivity index (χ2v) is 5.89. The molecule has 122 valence electrons. The minimum absolute atomic E-state index is 0.278. The third-order valence-corrected chi connectivity index (χ3v) is 4.44. The maximum absolute atomic E-state index is 12.2. The Kier molecular flexibility index (Phi) is 4.37. The molecular weight excluding hydrogens is 320 g/mol. The maximum atomic E-state index is 12.2. The Morgan fingerprint density at radius 3 is 3.00 bits per heavy atom. The van der Waals surface area contributed by atoms with E-state index in [4.69, 9.17) is 21.1 Å². The van der Waals surface area contributed by atoms with Crippen molar-refractivity contribution < 1.29 is 19.1 Å². The van der Waals surface area contributed by atoms with Crippen molar-refractivity contribution in [3.8, 4) is 0 Å². The van der Waals surface area contributed by atoms with Crippen molar-refractivity contribution in [1.82, 2.24) is 4.90 Å². The molecule has 23 heavy (non-hydrogen) atoms. The number of carbonyl (C=O) groups excluding carboxylic acids is 2. The van der Waals surface area contributed by atoms with Gasteiger partial charge in [0.05, 0.1) is 13.2 Å². The fraction of sp³-hybridized carbons (Fsp3) is 0.438. The molecule has 2 aliphatic rings. The Morgan fingerprint density at radius 1 is 1.48 bits per heavy atom. The Labute approximate surface area is 139 Å². The predicted molar refractivity (Wildman–Crippen MR) is 84.4 cm³/mol. The van der Waals surface area contributed by atoms with E-state index in [0.717, 1.165) is 11.1 Å². The third kappa shape index (κ3) is 3.09. The van der Waals surface area contributed by atoms with Crippen LogP contribution < -0.4 is 0 Å². The van der Waals surface area contributed by atoms with E-state index in [1.54, 1.807) is 13.0 Å². The molecule has 0 N–H and O–H groups in total. The summed E-state index contributed by atoms with van der Waals surface area (Å²) in [5, 5.41) is 0.644. The van der Waals surface area contributed by atoms with Gasteiger partial charge in [-0.1, -0.05) is 23.7 Å². The highest BCUT2D eigenvalue weighted by atomic mass is 35.5. The molecule has 0 bridgehead atoms. The molecule has 1 saturated heterocycles. The topological polar surface area (TPSA) is 71.5 Å². The minimum atomic E-state index is -0.644. The third-order valence-electron chi connectivity index (χ3n) is 4.03. The summed E-state index contributed by atoms with van der Waals surface area (Å²) in [6, 6.07) is 5.12. The molecule has 1 fully saturated rings. The highest BCUT2D eigenvalue weighted by Gasteiger charge is 2.54. The molecule has 2 amide bonds. The molecule has 0 spiro atoms. The fourth-order valence-corrected chi connectivity index (χ4v) is 2.83.